The number of imidazole rings is 1. The summed E-state index contributed by atoms with van der Waals surface area (Å²) >= 11 is 0. The molecule has 18 heavy (non-hydrogen) atoms. The average Bonchev–Trinajstić information content (AvgIpc) is 2.77. The van der Waals surface area contributed by atoms with Crippen LogP contribution in [0.1, 0.15) is 12.5 Å². The van der Waals surface area contributed by atoms with Gasteiger partial charge in [0.25, 0.3) is 0 Å². The van der Waals surface area contributed by atoms with Gasteiger partial charge in [-0.3, -0.25) is 0 Å². The van der Waals surface area contributed by atoms with Crippen molar-refractivity contribution in [1.82, 2.24) is 9.97 Å². The Bertz CT molecular complexity index is 576. The molecule has 2 rings (SSSR count). The molecule has 0 aliphatic heterocycles. The highest BCUT2D eigenvalue weighted by molar-refractivity contribution is 6.07. The number of oxime groups is 1. The van der Waals surface area contributed by atoms with Gasteiger partial charge in [-0.15, -0.1) is 0 Å². The van der Waals surface area contributed by atoms with Gasteiger partial charge in [0.1, 0.15) is 0 Å². The Morgan fingerprint density at radius 1 is 1.61 bits per heavy atom. The lowest BCUT2D eigenvalue weighted by Crippen LogP contribution is -2.16. The highest BCUT2D eigenvalue weighted by Gasteiger charge is 2.10. The fraction of sp³-hybridized carbons (Fsp3) is 0.273. The van der Waals surface area contributed by atoms with Crippen LogP contribution in [0.2, 0.25) is 0 Å². The molecule has 0 saturated carbocycles. The average molecular weight is 249 g/mol. The molecule has 1 unspecified atom stereocenters. The molecular weight excluding hydrogens is 234 g/mol. The summed E-state index contributed by atoms with van der Waals surface area (Å²) in [6.45, 7) is 2.07. The van der Waals surface area contributed by atoms with Crippen LogP contribution in [0.4, 0.5) is 5.95 Å². The third-order valence-corrected chi connectivity index (χ3v) is 2.47. The molecule has 96 valence electrons. The summed E-state index contributed by atoms with van der Waals surface area (Å²) in [5.41, 5.74) is 7.54. The molecule has 1 aromatic heterocycles. The molecule has 7 nitrogen and oxygen atoms in total. The number of amidine groups is 1. The first-order chi connectivity index (χ1) is 8.61. The van der Waals surface area contributed by atoms with E-state index < -0.39 is 6.10 Å². The summed E-state index contributed by atoms with van der Waals surface area (Å²) in [5.74, 6) is 0.551. The standard InChI is InChI=1S/C11H15N5O2/c1-6(17)5-13-11-14-8-4-2-3-7(9(8)15-11)10(12)16-18/h2-4,6,17-18H,5H2,1H3,(H2,12,16)(H2,13,14,15). The maximum absolute atomic E-state index is 9.19. The van der Waals surface area contributed by atoms with Crippen molar-refractivity contribution in [1.29, 1.82) is 0 Å². The highest BCUT2D eigenvalue weighted by Crippen LogP contribution is 2.18. The second kappa shape index (κ2) is 4.92. The number of nitrogens with two attached hydrogens (primary N) is 1. The van der Waals surface area contributed by atoms with Crippen molar-refractivity contribution in [3.63, 3.8) is 0 Å². The summed E-state index contributed by atoms with van der Waals surface area (Å²) in [6, 6.07) is 5.32. The fourth-order valence-electron chi connectivity index (χ4n) is 1.63. The van der Waals surface area contributed by atoms with Gasteiger partial charge < -0.3 is 26.3 Å². The number of nitrogens with one attached hydrogen (secondary N) is 2. The smallest absolute Gasteiger partial charge is 0.201 e. The van der Waals surface area contributed by atoms with Gasteiger partial charge in [0.2, 0.25) is 5.95 Å². The van der Waals surface area contributed by atoms with Crippen molar-refractivity contribution in [2.24, 2.45) is 10.9 Å². The Balaban J connectivity index is 2.38. The van der Waals surface area contributed by atoms with E-state index >= 15 is 0 Å². The van der Waals surface area contributed by atoms with Gasteiger partial charge in [-0.1, -0.05) is 11.2 Å². The quantitative estimate of drug-likeness (QED) is 0.233. The molecule has 1 aromatic carbocycles. The lowest BCUT2D eigenvalue weighted by Gasteiger charge is -2.04. The van der Waals surface area contributed by atoms with E-state index in [0.29, 0.717) is 29.1 Å². The monoisotopic (exact) mass is 249 g/mol. The second-order valence-electron chi connectivity index (χ2n) is 4.00. The Morgan fingerprint density at radius 3 is 3.06 bits per heavy atom. The molecular formula is C11H15N5O2. The van der Waals surface area contributed by atoms with Crippen LogP contribution in [0.25, 0.3) is 11.0 Å². The molecule has 0 bridgehead atoms. The third kappa shape index (κ3) is 2.35. The summed E-state index contributed by atoms with van der Waals surface area (Å²) in [4.78, 5) is 7.32. The number of aromatic nitrogens is 2. The molecule has 0 spiro atoms. The zero-order chi connectivity index (χ0) is 13.1. The molecule has 0 fully saturated rings. The van der Waals surface area contributed by atoms with Crippen molar-refractivity contribution in [3.8, 4) is 0 Å². The van der Waals surface area contributed by atoms with Crippen LogP contribution in [0.15, 0.2) is 23.4 Å². The van der Waals surface area contributed by atoms with Gasteiger partial charge in [-0.05, 0) is 19.1 Å². The van der Waals surface area contributed by atoms with Gasteiger partial charge >= 0.3 is 0 Å². The molecule has 6 N–H and O–H groups in total. The minimum atomic E-state index is -0.471. The minimum absolute atomic E-state index is 0.0197. The van der Waals surface area contributed by atoms with E-state index in [1.807, 2.05) is 6.07 Å². The number of hydrogen-bond acceptors (Lipinski definition) is 5. The van der Waals surface area contributed by atoms with Crippen LogP contribution in [-0.2, 0) is 0 Å². The van der Waals surface area contributed by atoms with E-state index in [2.05, 4.69) is 20.4 Å². The molecule has 0 amide bonds. The second-order valence-corrected chi connectivity index (χ2v) is 4.00. The van der Waals surface area contributed by atoms with Gasteiger partial charge in [0.05, 0.1) is 17.1 Å². The Hall–Kier alpha value is -2.28. The highest BCUT2D eigenvalue weighted by atomic mass is 16.4. The molecule has 0 radical (unpaired) electrons. The van der Waals surface area contributed by atoms with E-state index in [0.717, 1.165) is 0 Å². The van der Waals surface area contributed by atoms with Crippen LogP contribution in [-0.4, -0.2) is 38.8 Å². The third-order valence-electron chi connectivity index (χ3n) is 2.47. The Morgan fingerprint density at radius 2 is 2.39 bits per heavy atom. The van der Waals surface area contributed by atoms with E-state index in [9.17, 15) is 5.11 Å². The summed E-state index contributed by atoms with van der Waals surface area (Å²) in [6.07, 6.45) is -0.471. The SMILES string of the molecule is CC(O)CNc1nc2cccc(C(N)=NO)c2[nH]1. The largest absolute Gasteiger partial charge is 0.409 e. The first-order valence-electron chi connectivity index (χ1n) is 5.50. The summed E-state index contributed by atoms with van der Waals surface area (Å²) < 4.78 is 0. The zero-order valence-electron chi connectivity index (χ0n) is 9.88. The van der Waals surface area contributed by atoms with Crippen molar-refractivity contribution < 1.29 is 10.3 Å². The van der Waals surface area contributed by atoms with Crippen LogP contribution < -0.4 is 11.1 Å². The van der Waals surface area contributed by atoms with Gasteiger partial charge in [-0.2, -0.15) is 0 Å². The maximum Gasteiger partial charge on any atom is 0.201 e. The van der Waals surface area contributed by atoms with E-state index in [4.69, 9.17) is 10.9 Å². The number of H-pyrrole nitrogens is 1. The predicted octanol–water partition coefficient (Wildman–Crippen LogP) is 0.450. The first kappa shape index (κ1) is 12.2. The summed E-state index contributed by atoms with van der Waals surface area (Å²) in [5, 5.41) is 23.8. The lowest BCUT2D eigenvalue weighted by molar-refractivity contribution is 0.208. The number of benzene rings is 1. The molecule has 1 atom stereocenters. The van der Waals surface area contributed by atoms with Crippen LogP contribution >= 0.6 is 0 Å². The maximum atomic E-state index is 9.19. The van der Waals surface area contributed by atoms with Gasteiger partial charge in [-0.25, -0.2) is 4.98 Å². The van der Waals surface area contributed by atoms with Crippen molar-refractivity contribution in [2.75, 3.05) is 11.9 Å². The van der Waals surface area contributed by atoms with Gasteiger partial charge in [0, 0.05) is 12.1 Å². The molecule has 0 saturated heterocycles. The van der Waals surface area contributed by atoms with Crippen molar-refractivity contribution in [3.05, 3.63) is 23.8 Å². The lowest BCUT2D eigenvalue weighted by atomic mass is 10.2. The molecule has 2 aromatic rings. The number of aromatic amines is 1. The summed E-state index contributed by atoms with van der Waals surface area (Å²) in [7, 11) is 0. The van der Waals surface area contributed by atoms with Crippen molar-refractivity contribution in [2.45, 2.75) is 13.0 Å². The number of nitrogens with zero attached hydrogens (tertiary/aromatic N) is 2. The number of anilines is 1. The van der Waals surface area contributed by atoms with Gasteiger partial charge in [0.15, 0.2) is 5.84 Å². The molecule has 0 aliphatic rings. The zero-order valence-corrected chi connectivity index (χ0v) is 9.88. The Kier molecular flexibility index (Phi) is 3.33. The van der Waals surface area contributed by atoms with E-state index in [1.165, 1.54) is 0 Å². The number of hydrogen-bond donors (Lipinski definition) is 5. The number of rotatable bonds is 4. The number of aliphatic hydroxyl groups excluding tert-OH is 1. The predicted molar refractivity (Wildman–Crippen MR) is 68.8 cm³/mol. The van der Waals surface area contributed by atoms with E-state index in [-0.39, 0.29) is 5.84 Å². The number of fused-ring (bicyclic) bond motifs is 1. The van der Waals surface area contributed by atoms with E-state index in [1.54, 1.807) is 19.1 Å². The minimum Gasteiger partial charge on any atom is -0.409 e. The fourth-order valence-corrected chi connectivity index (χ4v) is 1.63. The van der Waals surface area contributed by atoms with Crippen LogP contribution in [0, 0.1) is 0 Å². The number of aliphatic hydroxyl groups is 1. The topological polar surface area (TPSA) is 120 Å². The molecule has 1 heterocycles. The number of para-hydroxylation sites is 1. The molecule has 0 aliphatic carbocycles. The first-order valence-corrected chi connectivity index (χ1v) is 5.50. The van der Waals surface area contributed by atoms with Crippen molar-refractivity contribution >= 4 is 22.8 Å². The van der Waals surface area contributed by atoms with Crippen LogP contribution in [0.5, 0.6) is 0 Å². The Labute approximate surface area is 103 Å². The molecule has 7 heteroatoms. The van der Waals surface area contributed by atoms with Crippen LogP contribution in [0.3, 0.4) is 0 Å². The normalized spacial score (nSPS) is 13.8.